The van der Waals surface area contributed by atoms with Crippen molar-refractivity contribution in [3.05, 3.63) is 16.6 Å². The highest BCUT2D eigenvalue weighted by molar-refractivity contribution is 7.07. The molecule has 0 fully saturated rings. The number of nitrogens with zero attached hydrogens (tertiary/aromatic N) is 2. The summed E-state index contributed by atoms with van der Waals surface area (Å²) in [7, 11) is 0. The van der Waals surface area contributed by atoms with Crippen molar-refractivity contribution in [2.75, 3.05) is 13.1 Å². The minimum Gasteiger partial charge on any atom is -0.480 e. The number of hydrogen-bond acceptors (Lipinski definition) is 4. The molecule has 0 aliphatic rings. The smallest absolute Gasteiger partial charge is 0.317 e. The molecular formula is C10H16N2O2S. The Morgan fingerprint density at radius 1 is 1.73 bits per heavy atom. The Morgan fingerprint density at radius 2 is 2.47 bits per heavy atom. The van der Waals surface area contributed by atoms with Crippen LogP contribution >= 0.6 is 11.3 Å². The molecule has 0 radical (unpaired) electrons. The molecule has 1 N–H and O–H groups in total. The van der Waals surface area contributed by atoms with Crippen molar-refractivity contribution >= 4 is 17.3 Å². The van der Waals surface area contributed by atoms with Gasteiger partial charge < -0.3 is 5.11 Å². The van der Waals surface area contributed by atoms with Crippen molar-refractivity contribution in [2.24, 2.45) is 0 Å². The van der Waals surface area contributed by atoms with E-state index in [9.17, 15) is 4.79 Å². The summed E-state index contributed by atoms with van der Waals surface area (Å²) in [6, 6.07) is 0.0762. The van der Waals surface area contributed by atoms with Crippen LogP contribution in [0.4, 0.5) is 0 Å². The predicted molar refractivity (Wildman–Crippen MR) is 60.0 cm³/mol. The molecule has 0 aromatic carbocycles. The Hall–Kier alpha value is -0.940. The molecule has 1 unspecified atom stereocenters. The first-order valence-corrected chi connectivity index (χ1v) is 5.93. The molecule has 1 aromatic heterocycles. The first-order chi connectivity index (χ1) is 7.15. The van der Waals surface area contributed by atoms with E-state index in [1.807, 2.05) is 24.1 Å². The number of rotatable bonds is 6. The number of carboxylic acid groups (broad SMARTS) is 1. The molecule has 0 amide bonds. The number of carbonyl (C=O) groups is 1. The second-order valence-electron chi connectivity index (χ2n) is 3.45. The van der Waals surface area contributed by atoms with Gasteiger partial charge in [-0.3, -0.25) is 9.69 Å². The summed E-state index contributed by atoms with van der Waals surface area (Å²) in [5, 5.41) is 10.8. The second kappa shape index (κ2) is 5.82. The topological polar surface area (TPSA) is 53.4 Å². The van der Waals surface area contributed by atoms with Crippen LogP contribution in [0, 0.1) is 0 Å². The summed E-state index contributed by atoms with van der Waals surface area (Å²) >= 11 is 1.54. The molecule has 15 heavy (non-hydrogen) atoms. The lowest BCUT2D eigenvalue weighted by Crippen LogP contribution is -2.33. The first kappa shape index (κ1) is 12.1. The van der Waals surface area contributed by atoms with E-state index in [0.717, 1.165) is 18.7 Å². The lowest BCUT2D eigenvalue weighted by Gasteiger charge is -2.25. The Balaban J connectivity index is 2.66. The third-order valence-corrected chi connectivity index (χ3v) is 2.88. The maximum absolute atomic E-state index is 10.7. The summed E-state index contributed by atoms with van der Waals surface area (Å²) in [6.45, 7) is 4.90. The number of hydrogen-bond donors (Lipinski definition) is 1. The summed E-state index contributed by atoms with van der Waals surface area (Å²) in [5.74, 6) is -0.787. The van der Waals surface area contributed by atoms with Gasteiger partial charge in [-0.05, 0) is 19.9 Å². The number of aliphatic carboxylic acids is 1. The molecule has 5 heteroatoms. The van der Waals surface area contributed by atoms with Gasteiger partial charge in [0.15, 0.2) is 0 Å². The van der Waals surface area contributed by atoms with Crippen molar-refractivity contribution in [1.29, 1.82) is 0 Å². The highest BCUT2D eigenvalue weighted by Gasteiger charge is 2.18. The first-order valence-electron chi connectivity index (χ1n) is 4.99. The number of carboxylic acids is 1. The molecule has 0 spiro atoms. The quantitative estimate of drug-likeness (QED) is 0.809. The van der Waals surface area contributed by atoms with Crippen LogP contribution in [0.3, 0.4) is 0 Å². The molecule has 84 valence electrons. The van der Waals surface area contributed by atoms with E-state index in [-0.39, 0.29) is 12.6 Å². The minimum atomic E-state index is -0.787. The molecule has 4 nitrogen and oxygen atoms in total. The van der Waals surface area contributed by atoms with Crippen LogP contribution in [0.1, 0.15) is 32.0 Å². The standard InChI is InChI=1S/C10H16N2O2S/c1-3-4-12(5-10(13)14)8(2)9-6-15-7-11-9/h6-8H,3-5H2,1-2H3,(H,13,14). The zero-order valence-electron chi connectivity index (χ0n) is 9.01. The average Bonchev–Trinajstić information content (AvgIpc) is 2.68. The largest absolute Gasteiger partial charge is 0.480 e. The highest BCUT2D eigenvalue weighted by Crippen LogP contribution is 2.19. The normalized spacial score (nSPS) is 13.0. The Bertz CT molecular complexity index is 300. The van der Waals surface area contributed by atoms with Crippen LogP contribution in [0.5, 0.6) is 0 Å². The monoisotopic (exact) mass is 228 g/mol. The van der Waals surface area contributed by atoms with E-state index in [2.05, 4.69) is 4.98 Å². The third kappa shape index (κ3) is 3.60. The lowest BCUT2D eigenvalue weighted by molar-refractivity contribution is -0.138. The van der Waals surface area contributed by atoms with Gasteiger partial charge in [-0.2, -0.15) is 0 Å². The molecule has 0 saturated carbocycles. The Labute approximate surface area is 93.6 Å². The summed E-state index contributed by atoms with van der Waals surface area (Å²) in [4.78, 5) is 16.8. The van der Waals surface area contributed by atoms with Crippen LogP contribution in [-0.2, 0) is 4.79 Å². The fourth-order valence-electron chi connectivity index (χ4n) is 1.49. The van der Waals surface area contributed by atoms with E-state index >= 15 is 0 Å². The fraction of sp³-hybridized carbons (Fsp3) is 0.600. The van der Waals surface area contributed by atoms with Gasteiger partial charge in [0.2, 0.25) is 0 Å². The van der Waals surface area contributed by atoms with Crippen molar-refractivity contribution in [2.45, 2.75) is 26.3 Å². The molecule has 0 aliphatic carbocycles. The molecule has 1 aromatic rings. The van der Waals surface area contributed by atoms with Crippen LogP contribution < -0.4 is 0 Å². The molecule has 0 aliphatic heterocycles. The van der Waals surface area contributed by atoms with Gasteiger partial charge in [-0.15, -0.1) is 11.3 Å². The summed E-state index contributed by atoms with van der Waals surface area (Å²) < 4.78 is 0. The molecule has 1 rings (SSSR count). The fourth-order valence-corrected chi connectivity index (χ4v) is 2.13. The predicted octanol–water partition coefficient (Wildman–Crippen LogP) is 2.00. The molecular weight excluding hydrogens is 212 g/mol. The van der Waals surface area contributed by atoms with E-state index < -0.39 is 5.97 Å². The van der Waals surface area contributed by atoms with E-state index in [1.54, 1.807) is 5.51 Å². The van der Waals surface area contributed by atoms with Crippen LogP contribution in [0.2, 0.25) is 0 Å². The van der Waals surface area contributed by atoms with Gasteiger partial charge in [0.05, 0.1) is 23.8 Å². The molecule has 0 saturated heterocycles. The van der Waals surface area contributed by atoms with Crippen molar-refractivity contribution < 1.29 is 9.90 Å². The van der Waals surface area contributed by atoms with Crippen molar-refractivity contribution in [1.82, 2.24) is 9.88 Å². The summed E-state index contributed by atoms with van der Waals surface area (Å²) in [5.41, 5.74) is 2.73. The maximum Gasteiger partial charge on any atom is 0.317 e. The van der Waals surface area contributed by atoms with Gasteiger partial charge >= 0.3 is 5.97 Å². The van der Waals surface area contributed by atoms with Gasteiger partial charge in [-0.25, -0.2) is 4.98 Å². The maximum atomic E-state index is 10.7. The van der Waals surface area contributed by atoms with Gasteiger partial charge in [0.1, 0.15) is 0 Å². The van der Waals surface area contributed by atoms with E-state index in [4.69, 9.17) is 5.11 Å². The molecule has 0 bridgehead atoms. The molecule has 1 atom stereocenters. The van der Waals surface area contributed by atoms with Crippen molar-refractivity contribution in [3.8, 4) is 0 Å². The van der Waals surface area contributed by atoms with Crippen LogP contribution in [-0.4, -0.2) is 34.0 Å². The average molecular weight is 228 g/mol. The number of aromatic nitrogens is 1. The SMILES string of the molecule is CCCN(CC(=O)O)C(C)c1cscn1. The zero-order chi connectivity index (χ0) is 11.3. The minimum absolute atomic E-state index is 0.0759. The Morgan fingerprint density at radius 3 is 2.93 bits per heavy atom. The van der Waals surface area contributed by atoms with Crippen LogP contribution in [0.25, 0.3) is 0 Å². The second-order valence-corrected chi connectivity index (χ2v) is 4.17. The van der Waals surface area contributed by atoms with Gasteiger partial charge in [0.25, 0.3) is 0 Å². The lowest BCUT2D eigenvalue weighted by atomic mass is 10.2. The number of thiazole rings is 1. The van der Waals surface area contributed by atoms with Gasteiger partial charge in [-0.1, -0.05) is 6.92 Å². The zero-order valence-corrected chi connectivity index (χ0v) is 9.83. The van der Waals surface area contributed by atoms with E-state index in [0.29, 0.717) is 0 Å². The third-order valence-electron chi connectivity index (χ3n) is 2.28. The Kier molecular flexibility index (Phi) is 4.71. The van der Waals surface area contributed by atoms with E-state index in [1.165, 1.54) is 11.3 Å². The summed E-state index contributed by atoms with van der Waals surface area (Å²) in [6.07, 6.45) is 0.946. The highest BCUT2D eigenvalue weighted by atomic mass is 32.1. The van der Waals surface area contributed by atoms with Crippen molar-refractivity contribution in [3.63, 3.8) is 0 Å². The molecule has 1 heterocycles. The van der Waals surface area contributed by atoms with Gasteiger partial charge in [0, 0.05) is 5.38 Å². The van der Waals surface area contributed by atoms with Crippen LogP contribution in [0.15, 0.2) is 10.9 Å².